The molecule has 0 unspecified atom stereocenters. The van der Waals surface area contributed by atoms with Gasteiger partial charge in [-0.05, 0) is 31.5 Å². The second-order valence-electron chi connectivity index (χ2n) is 5.84. The molecule has 142 valence electrons. The zero-order chi connectivity index (χ0) is 18.6. The molecule has 1 aromatic carbocycles. The first-order chi connectivity index (χ1) is 12.7. The van der Waals surface area contributed by atoms with Crippen molar-refractivity contribution in [3.8, 4) is 5.75 Å². The van der Waals surface area contributed by atoms with Gasteiger partial charge in [0.25, 0.3) is 0 Å². The lowest BCUT2D eigenvalue weighted by Gasteiger charge is -2.13. The lowest BCUT2D eigenvalue weighted by Crippen LogP contribution is -2.38. The molecule has 7 heteroatoms. The Hall–Kier alpha value is -2.54. The van der Waals surface area contributed by atoms with Crippen molar-refractivity contribution in [2.75, 3.05) is 33.4 Å². The fraction of sp³-hybridized carbons (Fsp3) is 0.474. The third-order valence-corrected chi connectivity index (χ3v) is 3.71. The summed E-state index contributed by atoms with van der Waals surface area (Å²) in [4.78, 5) is 4.67. The van der Waals surface area contributed by atoms with E-state index in [4.69, 9.17) is 9.47 Å². The number of methoxy groups -OCH3 is 1. The summed E-state index contributed by atoms with van der Waals surface area (Å²) in [7, 11) is 1.67. The summed E-state index contributed by atoms with van der Waals surface area (Å²) in [5, 5.41) is 10.8. The van der Waals surface area contributed by atoms with E-state index in [1.165, 1.54) is 0 Å². The molecule has 1 aromatic heterocycles. The molecule has 0 radical (unpaired) electrons. The molecule has 0 fully saturated rings. The van der Waals surface area contributed by atoms with E-state index in [-0.39, 0.29) is 0 Å². The number of hydrogen-bond donors (Lipinski definition) is 2. The minimum absolute atomic E-state index is 0.527. The largest absolute Gasteiger partial charge is 0.491 e. The van der Waals surface area contributed by atoms with Gasteiger partial charge in [-0.3, -0.25) is 4.68 Å². The van der Waals surface area contributed by atoms with E-state index in [0.717, 1.165) is 42.5 Å². The molecular formula is C19H29N5O2. The van der Waals surface area contributed by atoms with Gasteiger partial charge in [0, 0.05) is 38.2 Å². The zero-order valence-electron chi connectivity index (χ0n) is 15.9. The molecule has 2 aromatic rings. The maximum absolute atomic E-state index is 5.83. The molecule has 0 amide bonds. The Kier molecular flexibility index (Phi) is 8.48. The van der Waals surface area contributed by atoms with Gasteiger partial charge in [0.15, 0.2) is 5.96 Å². The summed E-state index contributed by atoms with van der Waals surface area (Å²) < 4.78 is 12.8. The first kappa shape index (κ1) is 19.8. The lowest BCUT2D eigenvalue weighted by molar-refractivity contribution is 0.145. The average Bonchev–Trinajstić information content (AvgIpc) is 3.14. The van der Waals surface area contributed by atoms with Crippen molar-refractivity contribution in [3.63, 3.8) is 0 Å². The van der Waals surface area contributed by atoms with E-state index < -0.39 is 0 Å². The van der Waals surface area contributed by atoms with E-state index >= 15 is 0 Å². The van der Waals surface area contributed by atoms with E-state index in [1.54, 1.807) is 13.3 Å². The minimum atomic E-state index is 0.527. The van der Waals surface area contributed by atoms with Gasteiger partial charge in [-0.25, -0.2) is 4.99 Å². The Morgan fingerprint density at radius 3 is 2.88 bits per heavy atom. The number of ether oxygens (including phenoxy) is 2. The Balaban J connectivity index is 1.96. The van der Waals surface area contributed by atoms with Crippen LogP contribution in [0, 0.1) is 6.92 Å². The third kappa shape index (κ3) is 6.76. The number of hydrogen-bond acceptors (Lipinski definition) is 4. The number of nitrogens with one attached hydrogen (secondary N) is 2. The van der Waals surface area contributed by atoms with Gasteiger partial charge in [-0.2, -0.15) is 5.10 Å². The maximum atomic E-state index is 5.83. The van der Waals surface area contributed by atoms with Crippen molar-refractivity contribution in [2.24, 2.45) is 4.99 Å². The monoisotopic (exact) mass is 359 g/mol. The predicted octanol–water partition coefficient (Wildman–Crippen LogP) is 1.97. The standard InChI is InChI=1S/C19H29N5O2/c1-4-20-19(21-9-11-24-10-5-8-23-24)22-15-17-7-6-16(2)14-18(17)26-13-12-25-3/h5-8,10,14H,4,9,11-13,15H2,1-3H3,(H2,20,21,22). The molecule has 0 saturated heterocycles. The van der Waals surface area contributed by atoms with Crippen molar-refractivity contribution < 1.29 is 9.47 Å². The molecule has 26 heavy (non-hydrogen) atoms. The van der Waals surface area contributed by atoms with Crippen LogP contribution in [-0.4, -0.2) is 49.2 Å². The quantitative estimate of drug-likeness (QED) is 0.385. The summed E-state index contributed by atoms with van der Waals surface area (Å²) in [5.41, 5.74) is 2.21. The van der Waals surface area contributed by atoms with Crippen molar-refractivity contribution >= 4 is 5.96 Å². The molecule has 0 spiro atoms. The Labute approximate surface area is 155 Å². The SMILES string of the molecule is CCNC(=NCc1ccc(C)cc1OCCOC)NCCn1cccn1. The molecule has 0 aliphatic rings. The lowest BCUT2D eigenvalue weighted by atomic mass is 10.1. The van der Waals surface area contributed by atoms with Crippen LogP contribution < -0.4 is 15.4 Å². The first-order valence-corrected chi connectivity index (χ1v) is 8.93. The van der Waals surface area contributed by atoms with Crippen LogP contribution in [-0.2, 0) is 17.8 Å². The van der Waals surface area contributed by atoms with Crippen LogP contribution in [0.3, 0.4) is 0 Å². The number of guanidine groups is 1. The van der Waals surface area contributed by atoms with Crippen LogP contribution in [0.4, 0.5) is 0 Å². The van der Waals surface area contributed by atoms with E-state index in [2.05, 4.69) is 46.7 Å². The van der Waals surface area contributed by atoms with Crippen LogP contribution in [0.25, 0.3) is 0 Å². The van der Waals surface area contributed by atoms with Crippen LogP contribution in [0.15, 0.2) is 41.7 Å². The number of aryl methyl sites for hydroxylation is 1. The fourth-order valence-electron chi connectivity index (χ4n) is 2.39. The Bertz CT molecular complexity index is 671. The maximum Gasteiger partial charge on any atom is 0.191 e. The zero-order valence-corrected chi connectivity index (χ0v) is 15.9. The van der Waals surface area contributed by atoms with E-state index in [1.807, 2.05) is 23.0 Å². The summed E-state index contributed by atoms with van der Waals surface area (Å²) in [6.45, 7) is 8.07. The van der Waals surface area contributed by atoms with Crippen molar-refractivity contribution in [3.05, 3.63) is 47.8 Å². The highest BCUT2D eigenvalue weighted by Crippen LogP contribution is 2.21. The highest BCUT2D eigenvalue weighted by Gasteiger charge is 2.05. The summed E-state index contributed by atoms with van der Waals surface area (Å²) in [5.74, 6) is 1.64. The minimum Gasteiger partial charge on any atom is -0.491 e. The summed E-state index contributed by atoms with van der Waals surface area (Å²) in [6, 6.07) is 8.10. The molecule has 7 nitrogen and oxygen atoms in total. The van der Waals surface area contributed by atoms with Crippen LogP contribution in [0.5, 0.6) is 5.75 Å². The van der Waals surface area contributed by atoms with Crippen LogP contribution >= 0.6 is 0 Å². The second kappa shape index (κ2) is 11.1. The number of nitrogens with zero attached hydrogens (tertiary/aromatic N) is 3. The first-order valence-electron chi connectivity index (χ1n) is 8.93. The molecule has 0 atom stereocenters. The molecular weight excluding hydrogens is 330 g/mol. The molecule has 2 N–H and O–H groups in total. The van der Waals surface area contributed by atoms with E-state index in [0.29, 0.717) is 19.8 Å². The molecule has 1 heterocycles. The smallest absolute Gasteiger partial charge is 0.191 e. The average molecular weight is 359 g/mol. The topological polar surface area (TPSA) is 72.7 Å². The number of aromatic nitrogens is 2. The predicted molar refractivity (Wildman–Crippen MR) is 104 cm³/mol. The van der Waals surface area contributed by atoms with Gasteiger partial charge in [0.05, 0.1) is 19.7 Å². The van der Waals surface area contributed by atoms with Gasteiger partial charge < -0.3 is 20.1 Å². The number of benzene rings is 1. The number of rotatable bonds is 10. The van der Waals surface area contributed by atoms with E-state index in [9.17, 15) is 0 Å². The Morgan fingerprint density at radius 2 is 2.15 bits per heavy atom. The highest BCUT2D eigenvalue weighted by molar-refractivity contribution is 5.79. The van der Waals surface area contributed by atoms with Gasteiger partial charge in [-0.1, -0.05) is 12.1 Å². The van der Waals surface area contributed by atoms with Crippen LogP contribution in [0.2, 0.25) is 0 Å². The van der Waals surface area contributed by atoms with Crippen molar-refractivity contribution in [2.45, 2.75) is 26.9 Å². The van der Waals surface area contributed by atoms with Crippen molar-refractivity contribution in [1.29, 1.82) is 0 Å². The summed E-state index contributed by atoms with van der Waals surface area (Å²) in [6.07, 6.45) is 3.73. The van der Waals surface area contributed by atoms with Crippen LogP contribution in [0.1, 0.15) is 18.1 Å². The highest BCUT2D eigenvalue weighted by atomic mass is 16.5. The molecule has 0 aliphatic carbocycles. The molecule has 0 saturated carbocycles. The Morgan fingerprint density at radius 1 is 1.27 bits per heavy atom. The molecule has 0 bridgehead atoms. The van der Waals surface area contributed by atoms with Gasteiger partial charge in [-0.15, -0.1) is 0 Å². The van der Waals surface area contributed by atoms with Gasteiger partial charge in [0.1, 0.15) is 12.4 Å². The fourth-order valence-corrected chi connectivity index (χ4v) is 2.39. The third-order valence-electron chi connectivity index (χ3n) is 3.71. The van der Waals surface area contributed by atoms with Gasteiger partial charge >= 0.3 is 0 Å². The summed E-state index contributed by atoms with van der Waals surface area (Å²) >= 11 is 0. The van der Waals surface area contributed by atoms with Crippen molar-refractivity contribution in [1.82, 2.24) is 20.4 Å². The normalized spacial score (nSPS) is 11.4. The molecule has 0 aliphatic heterocycles. The number of aliphatic imine (C=N–C) groups is 1. The van der Waals surface area contributed by atoms with Gasteiger partial charge in [0.2, 0.25) is 0 Å². The second-order valence-corrected chi connectivity index (χ2v) is 5.84. The molecule has 2 rings (SSSR count).